The summed E-state index contributed by atoms with van der Waals surface area (Å²) in [5.41, 5.74) is 1.65. The fourth-order valence-corrected chi connectivity index (χ4v) is 3.15. The fourth-order valence-electron chi connectivity index (χ4n) is 2.61. The van der Waals surface area contributed by atoms with Gasteiger partial charge in [-0.25, -0.2) is 0 Å². The highest BCUT2D eigenvalue weighted by Gasteiger charge is 2.32. The molecular weight excluding hydrogens is 405 g/mol. The Labute approximate surface area is 149 Å². The molecule has 0 saturated carbocycles. The van der Waals surface area contributed by atoms with Crippen LogP contribution in [0.25, 0.3) is 0 Å². The molecule has 1 heterocycles. The first-order valence-electron chi connectivity index (χ1n) is 7.42. The van der Waals surface area contributed by atoms with E-state index in [9.17, 15) is 4.79 Å². The minimum Gasteiger partial charge on any atom is -0.483 e. The van der Waals surface area contributed by atoms with Crippen molar-refractivity contribution in [3.05, 3.63) is 51.6 Å². The van der Waals surface area contributed by atoms with Gasteiger partial charge in [-0.3, -0.25) is 4.79 Å². The first-order valence-corrected chi connectivity index (χ1v) is 8.50. The van der Waals surface area contributed by atoms with Gasteiger partial charge in [-0.2, -0.15) is 0 Å². The molecule has 1 amide bonds. The standard InChI is InChI=1S/C18H18INO3/c1-18(2)10-12-5-3-8-15(17(12)23-18)22-11-16(21)20-14-7-4-6-13(19)9-14/h3-9H,10-11H2,1-2H3,(H,20,21). The van der Waals surface area contributed by atoms with E-state index >= 15 is 0 Å². The van der Waals surface area contributed by atoms with Gasteiger partial charge in [-0.1, -0.05) is 18.2 Å². The van der Waals surface area contributed by atoms with E-state index in [-0.39, 0.29) is 18.1 Å². The molecule has 0 fully saturated rings. The SMILES string of the molecule is CC1(C)Cc2cccc(OCC(=O)Nc3cccc(I)c3)c2O1. The number of carbonyl (C=O) groups is 1. The quantitative estimate of drug-likeness (QED) is 0.756. The predicted molar refractivity (Wildman–Crippen MR) is 98.1 cm³/mol. The Kier molecular flexibility index (Phi) is 4.48. The van der Waals surface area contributed by atoms with Crippen LogP contribution in [0, 0.1) is 3.57 Å². The summed E-state index contributed by atoms with van der Waals surface area (Å²) in [6.45, 7) is 4.03. The molecule has 1 aliphatic heterocycles. The van der Waals surface area contributed by atoms with E-state index in [2.05, 4.69) is 27.9 Å². The Bertz CT molecular complexity index is 743. The van der Waals surface area contributed by atoms with Crippen molar-refractivity contribution in [1.82, 2.24) is 0 Å². The highest BCUT2D eigenvalue weighted by Crippen LogP contribution is 2.41. The van der Waals surface area contributed by atoms with Crippen molar-refractivity contribution >= 4 is 34.2 Å². The Hall–Kier alpha value is -1.76. The first kappa shape index (κ1) is 16.1. The second-order valence-corrected chi connectivity index (χ2v) is 7.38. The molecule has 0 saturated heterocycles. The molecule has 23 heavy (non-hydrogen) atoms. The number of rotatable bonds is 4. The van der Waals surface area contributed by atoms with Crippen LogP contribution >= 0.6 is 22.6 Å². The van der Waals surface area contributed by atoms with Crippen LogP contribution in [0.2, 0.25) is 0 Å². The maximum absolute atomic E-state index is 12.0. The second kappa shape index (κ2) is 6.39. The number of para-hydroxylation sites is 1. The monoisotopic (exact) mass is 423 g/mol. The highest BCUT2D eigenvalue weighted by atomic mass is 127. The Morgan fingerprint density at radius 1 is 1.30 bits per heavy atom. The number of anilines is 1. The van der Waals surface area contributed by atoms with Gasteiger partial charge < -0.3 is 14.8 Å². The van der Waals surface area contributed by atoms with E-state index in [1.165, 1.54) is 0 Å². The summed E-state index contributed by atoms with van der Waals surface area (Å²) in [6, 6.07) is 13.4. The summed E-state index contributed by atoms with van der Waals surface area (Å²) in [5, 5.41) is 2.83. The summed E-state index contributed by atoms with van der Waals surface area (Å²) in [5.74, 6) is 1.17. The van der Waals surface area contributed by atoms with Gasteiger partial charge in [0.05, 0.1) is 0 Å². The minimum absolute atomic E-state index is 0.0499. The molecular formula is C18H18INO3. The third-order valence-electron chi connectivity index (χ3n) is 3.52. The van der Waals surface area contributed by atoms with E-state index in [4.69, 9.17) is 9.47 Å². The summed E-state index contributed by atoms with van der Waals surface area (Å²) in [7, 11) is 0. The molecule has 4 nitrogen and oxygen atoms in total. The van der Waals surface area contributed by atoms with Crippen molar-refractivity contribution in [2.24, 2.45) is 0 Å². The number of halogens is 1. The molecule has 0 aromatic heterocycles. The van der Waals surface area contributed by atoms with Crippen LogP contribution in [0.15, 0.2) is 42.5 Å². The third-order valence-corrected chi connectivity index (χ3v) is 4.19. The molecule has 0 unspecified atom stereocenters. The van der Waals surface area contributed by atoms with Gasteiger partial charge in [0.15, 0.2) is 18.1 Å². The molecule has 2 aromatic carbocycles. The van der Waals surface area contributed by atoms with Crippen LogP contribution < -0.4 is 14.8 Å². The number of amides is 1. The number of hydrogen-bond donors (Lipinski definition) is 1. The molecule has 0 aliphatic carbocycles. The van der Waals surface area contributed by atoms with E-state index in [1.54, 1.807) is 0 Å². The Morgan fingerprint density at radius 2 is 2.09 bits per heavy atom. The van der Waals surface area contributed by atoms with E-state index in [1.807, 2.05) is 56.3 Å². The molecule has 1 N–H and O–H groups in total. The van der Waals surface area contributed by atoms with E-state index < -0.39 is 0 Å². The molecule has 0 atom stereocenters. The van der Waals surface area contributed by atoms with Crippen LogP contribution in [0.3, 0.4) is 0 Å². The molecule has 3 rings (SSSR count). The molecule has 0 bridgehead atoms. The lowest BCUT2D eigenvalue weighted by atomic mass is 10.0. The normalized spacial score (nSPS) is 14.7. The largest absolute Gasteiger partial charge is 0.483 e. The van der Waals surface area contributed by atoms with Gasteiger partial charge in [0.1, 0.15) is 5.60 Å². The van der Waals surface area contributed by atoms with Gasteiger partial charge in [0.2, 0.25) is 0 Å². The number of hydrogen-bond acceptors (Lipinski definition) is 3. The molecule has 2 aromatic rings. The smallest absolute Gasteiger partial charge is 0.262 e. The number of nitrogens with one attached hydrogen (secondary N) is 1. The number of fused-ring (bicyclic) bond motifs is 1. The average molecular weight is 423 g/mol. The summed E-state index contributed by atoms with van der Waals surface area (Å²) in [4.78, 5) is 12.0. The zero-order valence-corrected chi connectivity index (χ0v) is 15.2. The minimum atomic E-state index is -0.231. The second-order valence-electron chi connectivity index (χ2n) is 6.13. The van der Waals surface area contributed by atoms with Crippen LogP contribution in [0.4, 0.5) is 5.69 Å². The zero-order chi connectivity index (χ0) is 16.4. The lowest BCUT2D eigenvalue weighted by molar-refractivity contribution is -0.118. The molecule has 0 radical (unpaired) electrons. The van der Waals surface area contributed by atoms with Crippen molar-refractivity contribution in [1.29, 1.82) is 0 Å². The van der Waals surface area contributed by atoms with Gasteiger partial charge in [-0.15, -0.1) is 0 Å². The van der Waals surface area contributed by atoms with Gasteiger partial charge >= 0.3 is 0 Å². The maximum Gasteiger partial charge on any atom is 0.262 e. The van der Waals surface area contributed by atoms with Crippen molar-refractivity contribution in [2.45, 2.75) is 25.9 Å². The van der Waals surface area contributed by atoms with E-state index in [0.29, 0.717) is 5.75 Å². The lowest BCUT2D eigenvalue weighted by Gasteiger charge is -2.18. The Morgan fingerprint density at radius 3 is 2.87 bits per heavy atom. The van der Waals surface area contributed by atoms with Crippen LogP contribution in [0.1, 0.15) is 19.4 Å². The predicted octanol–water partition coefficient (Wildman–Crippen LogP) is 4.02. The molecule has 0 spiro atoms. The van der Waals surface area contributed by atoms with Crippen LogP contribution in [-0.4, -0.2) is 18.1 Å². The highest BCUT2D eigenvalue weighted by molar-refractivity contribution is 14.1. The van der Waals surface area contributed by atoms with E-state index in [0.717, 1.165) is 27.0 Å². The lowest BCUT2D eigenvalue weighted by Crippen LogP contribution is -2.25. The van der Waals surface area contributed by atoms with Crippen LogP contribution in [-0.2, 0) is 11.2 Å². The number of ether oxygens (including phenoxy) is 2. The molecule has 1 aliphatic rings. The van der Waals surface area contributed by atoms with Crippen LogP contribution in [0.5, 0.6) is 11.5 Å². The molecule has 5 heteroatoms. The third kappa shape index (κ3) is 3.96. The number of benzene rings is 2. The van der Waals surface area contributed by atoms with Crippen molar-refractivity contribution in [3.8, 4) is 11.5 Å². The van der Waals surface area contributed by atoms with Crippen molar-refractivity contribution in [3.63, 3.8) is 0 Å². The zero-order valence-electron chi connectivity index (χ0n) is 13.1. The topological polar surface area (TPSA) is 47.6 Å². The van der Waals surface area contributed by atoms with Gasteiger partial charge in [0, 0.05) is 21.2 Å². The summed E-state index contributed by atoms with van der Waals surface area (Å²) >= 11 is 2.21. The van der Waals surface area contributed by atoms with Crippen molar-refractivity contribution in [2.75, 3.05) is 11.9 Å². The first-order chi connectivity index (χ1) is 10.9. The molecule has 120 valence electrons. The van der Waals surface area contributed by atoms with Gasteiger partial charge in [0.25, 0.3) is 5.91 Å². The summed E-state index contributed by atoms with van der Waals surface area (Å²) in [6.07, 6.45) is 0.841. The average Bonchev–Trinajstić information content (AvgIpc) is 2.79. The number of carbonyl (C=O) groups excluding carboxylic acids is 1. The van der Waals surface area contributed by atoms with Crippen molar-refractivity contribution < 1.29 is 14.3 Å². The Balaban J connectivity index is 1.63. The van der Waals surface area contributed by atoms with Gasteiger partial charge in [-0.05, 0) is 60.7 Å². The summed E-state index contributed by atoms with van der Waals surface area (Å²) < 4.78 is 12.7. The fraction of sp³-hybridized carbons (Fsp3) is 0.278. The maximum atomic E-state index is 12.0.